The molecular formula is C15H14BrN3OS. The van der Waals surface area contributed by atoms with Crippen LogP contribution in [0.25, 0.3) is 11.0 Å². The molecule has 0 bridgehead atoms. The van der Waals surface area contributed by atoms with Crippen molar-refractivity contribution in [1.29, 1.82) is 0 Å². The van der Waals surface area contributed by atoms with Crippen LogP contribution in [0.4, 0.5) is 5.69 Å². The van der Waals surface area contributed by atoms with Crippen LogP contribution in [0.2, 0.25) is 0 Å². The van der Waals surface area contributed by atoms with Crippen molar-refractivity contribution in [2.45, 2.75) is 17.0 Å². The molecule has 0 aliphatic carbocycles. The van der Waals surface area contributed by atoms with Crippen molar-refractivity contribution in [3.8, 4) is 5.75 Å². The number of fused-ring (bicyclic) bond motifs is 1. The number of H-pyrrole nitrogens is 1. The number of halogens is 1. The third-order valence-electron chi connectivity index (χ3n) is 2.92. The minimum Gasteiger partial charge on any atom is -0.494 e. The molecule has 0 aliphatic heterocycles. The van der Waals surface area contributed by atoms with Crippen LogP contribution in [0.15, 0.2) is 50.9 Å². The van der Waals surface area contributed by atoms with Gasteiger partial charge in [-0.05, 0) is 49.0 Å². The molecule has 3 N–H and O–H groups in total. The van der Waals surface area contributed by atoms with Gasteiger partial charge in [0.1, 0.15) is 5.75 Å². The molecule has 0 atom stereocenters. The van der Waals surface area contributed by atoms with Gasteiger partial charge in [-0.3, -0.25) is 0 Å². The van der Waals surface area contributed by atoms with Gasteiger partial charge in [0, 0.05) is 21.1 Å². The summed E-state index contributed by atoms with van der Waals surface area (Å²) in [5.41, 5.74) is 8.61. The number of nitrogens with two attached hydrogens (primary N) is 1. The maximum atomic E-state index is 6.01. The predicted molar refractivity (Wildman–Crippen MR) is 89.9 cm³/mol. The highest BCUT2D eigenvalue weighted by Crippen LogP contribution is 2.33. The molecule has 0 unspecified atom stereocenters. The summed E-state index contributed by atoms with van der Waals surface area (Å²) in [5, 5.41) is 0.813. The molecule has 1 aromatic heterocycles. The lowest BCUT2D eigenvalue weighted by Crippen LogP contribution is -1.90. The molecule has 0 amide bonds. The molecule has 1 heterocycles. The lowest BCUT2D eigenvalue weighted by atomic mass is 10.3. The standard InChI is InChI=1S/C15H14BrN3OS/c1-2-20-10-4-5-12-13(8-10)19-15(18-12)21-14-6-3-9(16)7-11(14)17/h3-8H,2,17H2,1H3,(H,18,19). The maximum absolute atomic E-state index is 6.01. The Balaban J connectivity index is 1.90. The summed E-state index contributed by atoms with van der Waals surface area (Å²) in [5.74, 6) is 0.841. The van der Waals surface area contributed by atoms with Crippen molar-refractivity contribution >= 4 is 44.4 Å². The number of nitrogens with zero attached hydrogens (tertiary/aromatic N) is 1. The fraction of sp³-hybridized carbons (Fsp3) is 0.133. The maximum Gasteiger partial charge on any atom is 0.171 e. The van der Waals surface area contributed by atoms with E-state index in [0.717, 1.165) is 37.0 Å². The Hall–Kier alpha value is -1.66. The van der Waals surface area contributed by atoms with Crippen molar-refractivity contribution in [3.63, 3.8) is 0 Å². The van der Waals surface area contributed by atoms with E-state index in [4.69, 9.17) is 10.5 Å². The van der Waals surface area contributed by atoms with Crippen molar-refractivity contribution in [2.75, 3.05) is 12.3 Å². The molecule has 0 fully saturated rings. The van der Waals surface area contributed by atoms with Gasteiger partial charge in [-0.2, -0.15) is 0 Å². The molecule has 108 valence electrons. The smallest absolute Gasteiger partial charge is 0.171 e. The summed E-state index contributed by atoms with van der Waals surface area (Å²) >= 11 is 4.92. The van der Waals surface area contributed by atoms with Crippen LogP contribution < -0.4 is 10.5 Å². The molecule has 2 aromatic carbocycles. The van der Waals surface area contributed by atoms with Crippen LogP contribution in [-0.2, 0) is 0 Å². The average molecular weight is 364 g/mol. The highest BCUT2D eigenvalue weighted by Gasteiger charge is 2.08. The molecule has 4 nitrogen and oxygen atoms in total. The van der Waals surface area contributed by atoms with E-state index < -0.39 is 0 Å². The summed E-state index contributed by atoms with van der Waals surface area (Å²) in [7, 11) is 0. The number of nitrogen functional groups attached to an aromatic ring is 1. The Kier molecular flexibility index (Phi) is 4.07. The summed E-state index contributed by atoms with van der Waals surface area (Å²) in [6.07, 6.45) is 0. The number of nitrogens with one attached hydrogen (secondary N) is 1. The van der Waals surface area contributed by atoms with E-state index >= 15 is 0 Å². The fourth-order valence-corrected chi connectivity index (χ4v) is 3.19. The number of hydrogen-bond donors (Lipinski definition) is 2. The van der Waals surface area contributed by atoms with Gasteiger partial charge in [-0.15, -0.1) is 0 Å². The Morgan fingerprint density at radius 3 is 2.90 bits per heavy atom. The van der Waals surface area contributed by atoms with Gasteiger partial charge in [0.15, 0.2) is 5.16 Å². The number of imidazole rings is 1. The summed E-state index contributed by atoms with van der Waals surface area (Å²) in [6.45, 7) is 2.62. The molecule has 3 aromatic rings. The molecule has 6 heteroatoms. The molecule has 3 rings (SSSR count). The highest BCUT2D eigenvalue weighted by molar-refractivity contribution is 9.10. The first-order valence-corrected chi connectivity index (χ1v) is 8.12. The fourth-order valence-electron chi connectivity index (χ4n) is 1.99. The zero-order valence-electron chi connectivity index (χ0n) is 11.4. The van der Waals surface area contributed by atoms with E-state index in [-0.39, 0.29) is 0 Å². The lowest BCUT2D eigenvalue weighted by molar-refractivity contribution is 0.340. The summed E-state index contributed by atoms with van der Waals surface area (Å²) < 4.78 is 6.46. The van der Waals surface area contributed by atoms with Gasteiger partial charge in [-0.1, -0.05) is 15.9 Å². The minimum atomic E-state index is 0.649. The predicted octanol–water partition coefficient (Wildman–Crippen LogP) is 4.46. The van der Waals surface area contributed by atoms with Gasteiger partial charge in [0.2, 0.25) is 0 Å². The van der Waals surface area contributed by atoms with E-state index in [1.165, 1.54) is 11.8 Å². The first-order chi connectivity index (χ1) is 10.2. The highest BCUT2D eigenvalue weighted by atomic mass is 79.9. The van der Waals surface area contributed by atoms with Crippen molar-refractivity contribution in [2.24, 2.45) is 0 Å². The Labute approximate surface area is 135 Å². The van der Waals surface area contributed by atoms with E-state index in [1.807, 2.05) is 43.3 Å². The van der Waals surface area contributed by atoms with Crippen LogP contribution in [0.5, 0.6) is 5.75 Å². The summed E-state index contributed by atoms with van der Waals surface area (Å²) in [6, 6.07) is 11.7. The number of rotatable bonds is 4. The van der Waals surface area contributed by atoms with E-state index in [9.17, 15) is 0 Å². The zero-order valence-corrected chi connectivity index (χ0v) is 13.8. The van der Waals surface area contributed by atoms with Gasteiger partial charge in [0.05, 0.1) is 17.6 Å². The molecule has 0 saturated carbocycles. The van der Waals surface area contributed by atoms with Gasteiger partial charge in [-0.25, -0.2) is 4.98 Å². The first-order valence-electron chi connectivity index (χ1n) is 6.51. The number of aromatic amines is 1. The Bertz CT molecular complexity index is 788. The second-order valence-electron chi connectivity index (χ2n) is 4.44. The van der Waals surface area contributed by atoms with Gasteiger partial charge >= 0.3 is 0 Å². The van der Waals surface area contributed by atoms with Gasteiger partial charge < -0.3 is 15.5 Å². The minimum absolute atomic E-state index is 0.649. The number of anilines is 1. The molecule has 0 aliphatic rings. The average Bonchev–Trinajstić information content (AvgIpc) is 2.84. The van der Waals surface area contributed by atoms with Crippen LogP contribution in [0.3, 0.4) is 0 Å². The Morgan fingerprint density at radius 1 is 1.29 bits per heavy atom. The van der Waals surface area contributed by atoms with Crippen molar-refractivity contribution < 1.29 is 4.74 Å². The lowest BCUT2D eigenvalue weighted by Gasteiger charge is -2.03. The normalized spacial score (nSPS) is 11.0. The Morgan fingerprint density at radius 2 is 2.14 bits per heavy atom. The number of ether oxygens (including phenoxy) is 1. The third kappa shape index (κ3) is 3.16. The number of hydrogen-bond acceptors (Lipinski definition) is 4. The van der Waals surface area contributed by atoms with E-state index in [0.29, 0.717) is 6.61 Å². The largest absolute Gasteiger partial charge is 0.494 e. The van der Waals surface area contributed by atoms with Crippen LogP contribution in [-0.4, -0.2) is 16.6 Å². The van der Waals surface area contributed by atoms with Crippen LogP contribution >= 0.6 is 27.7 Å². The van der Waals surface area contributed by atoms with Crippen molar-refractivity contribution in [1.82, 2.24) is 9.97 Å². The SMILES string of the molecule is CCOc1ccc2nc(Sc3ccc(Br)cc3N)[nH]c2c1. The topological polar surface area (TPSA) is 63.9 Å². The summed E-state index contributed by atoms with van der Waals surface area (Å²) in [4.78, 5) is 8.82. The molecule has 21 heavy (non-hydrogen) atoms. The monoisotopic (exact) mass is 363 g/mol. The first kappa shape index (κ1) is 14.3. The van der Waals surface area contributed by atoms with E-state index in [2.05, 4.69) is 25.9 Å². The second kappa shape index (κ2) is 5.99. The van der Waals surface area contributed by atoms with Crippen LogP contribution in [0.1, 0.15) is 6.92 Å². The third-order valence-corrected chi connectivity index (χ3v) is 4.39. The van der Waals surface area contributed by atoms with Gasteiger partial charge in [0.25, 0.3) is 0 Å². The number of aromatic nitrogens is 2. The van der Waals surface area contributed by atoms with E-state index in [1.54, 1.807) is 0 Å². The molecule has 0 radical (unpaired) electrons. The van der Waals surface area contributed by atoms with Crippen LogP contribution in [0, 0.1) is 0 Å². The second-order valence-corrected chi connectivity index (χ2v) is 6.38. The molecule has 0 saturated heterocycles. The van der Waals surface area contributed by atoms with Crippen molar-refractivity contribution in [3.05, 3.63) is 40.9 Å². The zero-order chi connectivity index (χ0) is 14.8. The quantitative estimate of drug-likeness (QED) is 0.671. The molecule has 0 spiro atoms. The molecular weight excluding hydrogens is 350 g/mol. The number of benzene rings is 2.